The highest BCUT2D eigenvalue weighted by atomic mass is 16.5. The summed E-state index contributed by atoms with van der Waals surface area (Å²) >= 11 is 0. The standard InChI is InChI=1S/C21H22N2O4/c1-3-22(17-7-5-4-6-8-17)20(25)16-13-19(24)23(14-16)18-11-9-15(10-12-18)21(26)27-2/h4-12,16H,3,13-14H2,1-2H3. The molecule has 2 aromatic carbocycles. The smallest absolute Gasteiger partial charge is 0.337 e. The molecular formula is C21H22N2O4. The molecule has 6 nitrogen and oxygen atoms in total. The van der Waals surface area contributed by atoms with Crippen LogP contribution in [0.25, 0.3) is 0 Å². The molecule has 0 saturated carbocycles. The van der Waals surface area contributed by atoms with E-state index in [2.05, 4.69) is 4.74 Å². The first kappa shape index (κ1) is 18.6. The maximum Gasteiger partial charge on any atom is 0.337 e. The number of carbonyl (C=O) groups excluding carboxylic acids is 3. The Bertz CT molecular complexity index is 833. The van der Waals surface area contributed by atoms with Gasteiger partial charge in [-0.1, -0.05) is 18.2 Å². The minimum absolute atomic E-state index is 0.0502. The summed E-state index contributed by atoms with van der Waals surface area (Å²) in [6, 6.07) is 16.1. The topological polar surface area (TPSA) is 66.9 Å². The summed E-state index contributed by atoms with van der Waals surface area (Å²) in [5.41, 5.74) is 1.92. The molecule has 2 amide bonds. The lowest BCUT2D eigenvalue weighted by molar-refractivity contribution is -0.124. The van der Waals surface area contributed by atoms with Gasteiger partial charge in [0.2, 0.25) is 11.8 Å². The van der Waals surface area contributed by atoms with E-state index >= 15 is 0 Å². The lowest BCUT2D eigenvalue weighted by Gasteiger charge is -2.24. The van der Waals surface area contributed by atoms with Crippen LogP contribution in [0.3, 0.4) is 0 Å². The van der Waals surface area contributed by atoms with Crippen molar-refractivity contribution in [3.05, 3.63) is 60.2 Å². The Morgan fingerprint density at radius 2 is 1.78 bits per heavy atom. The molecule has 1 aliphatic rings. The fourth-order valence-corrected chi connectivity index (χ4v) is 3.31. The number of anilines is 2. The Labute approximate surface area is 158 Å². The van der Waals surface area contributed by atoms with Crippen molar-refractivity contribution in [2.75, 3.05) is 30.0 Å². The number of methoxy groups -OCH3 is 1. The highest BCUT2D eigenvalue weighted by Gasteiger charge is 2.37. The predicted octanol–water partition coefficient (Wildman–Crippen LogP) is 2.88. The molecule has 0 N–H and O–H groups in total. The molecule has 140 valence electrons. The number of para-hydroxylation sites is 1. The number of benzene rings is 2. The predicted molar refractivity (Wildman–Crippen MR) is 103 cm³/mol. The van der Waals surface area contributed by atoms with E-state index in [4.69, 9.17) is 0 Å². The molecule has 1 saturated heterocycles. The van der Waals surface area contributed by atoms with Crippen LogP contribution in [0, 0.1) is 5.92 Å². The van der Waals surface area contributed by atoms with Crippen molar-refractivity contribution in [2.24, 2.45) is 5.92 Å². The Balaban J connectivity index is 1.74. The number of hydrogen-bond acceptors (Lipinski definition) is 4. The van der Waals surface area contributed by atoms with Crippen molar-refractivity contribution >= 4 is 29.2 Å². The average Bonchev–Trinajstić information content (AvgIpc) is 3.10. The van der Waals surface area contributed by atoms with Gasteiger partial charge in [-0.25, -0.2) is 4.79 Å². The molecule has 1 atom stereocenters. The summed E-state index contributed by atoms with van der Waals surface area (Å²) in [5, 5.41) is 0. The first-order valence-corrected chi connectivity index (χ1v) is 8.90. The SMILES string of the molecule is CCN(C(=O)C1CC(=O)N(c2ccc(C(=O)OC)cc2)C1)c1ccccc1. The summed E-state index contributed by atoms with van der Waals surface area (Å²) in [7, 11) is 1.32. The molecular weight excluding hydrogens is 344 g/mol. The van der Waals surface area contributed by atoms with Gasteiger partial charge < -0.3 is 14.5 Å². The van der Waals surface area contributed by atoms with Crippen LogP contribution in [0.4, 0.5) is 11.4 Å². The molecule has 1 fully saturated rings. The zero-order valence-corrected chi connectivity index (χ0v) is 15.4. The highest BCUT2D eigenvalue weighted by Crippen LogP contribution is 2.28. The van der Waals surface area contributed by atoms with Crippen LogP contribution < -0.4 is 9.80 Å². The zero-order valence-electron chi connectivity index (χ0n) is 15.4. The molecule has 1 heterocycles. The maximum atomic E-state index is 13.0. The summed E-state index contributed by atoms with van der Waals surface area (Å²) in [5.74, 6) is -0.962. The zero-order chi connectivity index (χ0) is 19.4. The molecule has 1 aliphatic heterocycles. The average molecular weight is 366 g/mol. The molecule has 0 radical (unpaired) electrons. The normalized spacial score (nSPS) is 16.3. The van der Waals surface area contributed by atoms with Crippen LogP contribution in [0.15, 0.2) is 54.6 Å². The van der Waals surface area contributed by atoms with E-state index in [9.17, 15) is 14.4 Å². The monoisotopic (exact) mass is 366 g/mol. The second-order valence-corrected chi connectivity index (χ2v) is 6.36. The van der Waals surface area contributed by atoms with Crippen LogP contribution >= 0.6 is 0 Å². The van der Waals surface area contributed by atoms with Gasteiger partial charge in [0.1, 0.15) is 0 Å². The molecule has 0 spiro atoms. The Hall–Kier alpha value is -3.15. The van der Waals surface area contributed by atoms with Gasteiger partial charge in [0.05, 0.1) is 18.6 Å². The van der Waals surface area contributed by atoms with Gasteiger partial charge in [-0.2, -0.15) is 0 Å². The quantitative estimate of drug-likeness (QED) is 0.763. The van der Waals surface area contributed by atoms with E-state index in [1.54, 1.807) is 34.1 Å². The van der Waals surface area contributed by atoms with Crippen molar-refractivity contribution < 1.29 is 19.1 Å². The molecule has 2 aromatic rings. The summed E-state index contributed by atoms with van der Waals surface area (Å²) in [6.45, 7) is 2.80. The number of amides is 2. The van der Waals surface area contributed by atoms with Gasteiger partial charge in [-0.3, -0.25) is 9.59 Å². The van der Waals surface area contributed by atoms with E-state index in [1.165, 1.54) is 7.11 Å². The number of esters is 1. The first-order valence-electron chi connectivity index (χ1n) is 8.90. The van der Waals surface area contributed by atoms with E-state index in [1.807, 2.05) is 37.3 Å². The first-order chi connectivity index (χ1) is 13.0. The van der Waals surface area contributed by atoms with Crippen molar-refractivity contribution in [3.63, 3.8) is 0 Å². The minimum atomic E-state index is -0.427. The third kappa shape index (κ3) is 3.84. The van der Waals surface area contributed by atoms with Gasteiger partial charge in [0, 0.05) is 30.9 Å². The summed E-state index contributed by atoms with van der Waals surface area (Å²) in [6.07, 6.45) is 0.181. The molecule has 1 unspecified atom stereocenters. The largest absolute Gasteiger partial charge is 0.465 e. The van der Waals surface area contributed by atoms with Crippen molar-refractivity contribution in [1.29, 1.82) is 0 Å². The number of hydrogen-bond donors (Lipinski definition) is 0. The summed E-state index contributed by atoms with van der Waals surface area (Å²) < 4.78 is 4.68. The number of ether oxygens (including phenoxy) is 1. The van der Waals surface area contributed by atoms with Crippen LogP contribution in [-0.4, -0.2) is 38.0 Å². The van der Waals surface area contributed by atoms with E-state index in [0.717, 1.165) is 5.69 Å². The van der Waals surface area contributed by atoms with E-state index in [-0.39, 0.29) is 18.2 Å². The lowest BCUT2D eigenvalue weighted by Crippen LogP contribution is -2.37. The van der Waals surface area contributed by atoms with E-state index < -0.39 is 11.9 Å². The van der Waals surface area contributed by atoms with Crippen LogP contribution in [0.2, 0.25) is 0 Å². The fraction of sp³-hybridized carbons (Fsp3) is 0.286. The third-order valence-corrected chi connectivity index (χ3v) is 4.72. The Morgan fingerprint density at radius 3 is 2.37 bits per heavy atom. The molecule has 6 heteroatoms. The second-order valence-electron chi connectivity index (χ2n) is 6.36. The second kappa shape index (κ2) is 8.03. The minimum Gasteiger partial charge on any atom is -0.465 e. The fourth-order valence-electron chi connectivity index (χ4n) is 3.31. The van der Waals surface area contributed by atoms with E-state index in [0.29, 0.717) is 24.3 Å². The van der Waals surface area contributed by atoms with Gasteiger partial charge in [-0.05, 0) is 43.3 Å². The van der Waals surface area contributed by atoms with Gasteiger partial charge >= 0.3 is 5.97 Å². The number of rotatable bonds is 5. The van der Waals surface area contributed by atoms with Crippen LogP contribution in [0.1, 0.15) is 23.7 Å². The van der Waals surface area contributed by atoms with Gasteiger partial charge in [-0.15, -0.1) is 0 Å². The Morgan fingerprint density at radius 1 is 1.11 bits per heavy atom. The molecule has 0 bridgehead atoms. The van der Waals surface area contributed by atoms with Crippen molar-refractivity contribution in [3.8, 4) is 0 Å². The summed E-state index contributed by atoms with van der Waals surface area (Å²) in [4.78, 5) is 40.3. The third-order valence-electron chi connectivity index (χ3n) is 4.72. The Kier molecular flexibility index (Phi) is 5.54. The number of carbonyl (C=O) groups is 3. The molecule has 0 aromatic heterocycles. The highest BCUT2D eigenvalue weighted by molar-refractivity contribution is 6.04. The van der Waals surface area contributed by atoms with Crippen LogP contribution in [0.5, 0.6) is 0 Å². The molecule has 3 rings (SSSR count). The van der Waals surface area contributed by atoms with Crippen molar-refractivity contribution in [2.45, 2.75) is 13.3 Å². The lowest BCUT2D eigenvalue weighted by atomic mass is 10.1. The molecule has 0 aliphatic carbocycles. The van der Waals surface area contributed by atoms with Crippen LogP contribution in [-0.2, 0) is 14.3 Å². The van der Waals surface area contributed by atoms with Crippen molar-refractivity contribution in [1.82, 2.24) is 0 Å². The molecule has 27 heavy (non-hydrogen) atoms. The number of nitrogens with zero attached hydrogens (tertiary/aromatic N) is 2. The maximum absolute atomic E-state index is 13.0. The van der Waals surface area contributed by atoms with Gasteiger partial charge in [0.15, 0.2) is 0 Å². The van der Waals surface area contributed by atoms with Gasteiger partial charge in [0.25, 0.3) is 0 Å².